The number of hydrogen-bond donors (Lipinski definition) is 1. The van der Waals surface area contributed by atoms with Crippen molar-refractivity contribution in [1.82, 2.24) is 9.80 Å². The van der Waals surface area contributed by atoms with Crippen LogP contribution in [0.2, 0.25) is 0 Å². The van der Waals surface area contributed by atoms with Crippen molar-refractivity contribution in [2.75, 3.05) is 39.5 Å². The van der Waals surface area contributed by atoms with E-state index in [0.29, 0.717) is 0 Å². The fraction of sp³-hybridized carbons (Fsp3) is 0.571. The maximum atomic E-state index is 5.91. The highest BCUT2D eigenvalue weighted by molar-refractivity contribution is 9.10. The van der Waals surface area contributed by atoms with Crippen molar-refractivity contribution in [1.29, 1.82) is 0 Å². The third-order valence-corrected chi connectivity index (χ3v) is 4.57. The van der Waals surface area contributed by atoms with E-state index in [-0.39, 0.29) is 0 Å². The number of nitrogens with two attached hydrogens (primary N) is 1. The van der Waals surface area contributed by atoms with Crippen LogP contribution < -0.4 is 5.73 Å². The minimum atomic E-state index is 0.805. The van der Waals surface area contributed by atoms with Crippen LogP contribution in [-0.2, 0) is 6.54 Å². The highest BCUT2D eigenvalue weighted by Crippen LogP contribution is 2.25. The molecule has 2 rings (SSSR count). The number of nitrogen functional groups attached to an aromatic ring is 1. The number of hydrogen-bond acceptors (Lipinski definition) is 3. The topological polar surface area (TPSA) is 32.5 Å². The average molecular weight is 312 g/mol. The molecule has 0 bridgehead atoms. The van der Waals surface area contributed by atoms with Gasteiger partial charge in [-0.3, -0.25) is 0 Å². The second-order valence-corrected chi connectivity index (χ2v) is 6.23. The molecule has 0 aromatic heterocycles. The molecule has 1 atom stereocenters. The summed E-state index contributed by atoms with van der Waals surface area (Å²) in [4.78, 5) is 4.80. The summed E-state index contributed by atoms with van der Waals surface area (Å²) in [6.45, 7) is 4.57. The van der Waals surface area contributed by atoms with E-state index in [1.165, 1.54) is 25.1 Å². The number of likely N-dealkylation sites (tertiary alicyclic amines) is 1. The van der Waals surface area contributed by atoms with E-state index >= 15 is 0 Å². The zero-order valence-electron chi connectivity index (χ0n) is 11.2. The van der Waals surface area contributed by atoms with Gasteiger partial charge in [-0.2, -0.15) is 0 Å². The van der Waals surface area contributed by atoms with E-state index in [0.717, 1.165) is 29.2 Å². The van der Waals surface area contributed by atoms with Crippen molar-refractivity contribution in [2.45, 2.75) is 13.0 Å². The lowest BCUT2D eigenvalue weighted by Gasteiger charge is -2.21. The van der Waals surface area contributed by atoms with Gasteiger partial charge >= 0.3 is 0 Å². The van der Waals surface area contributed by atoms with Crippen LogP contribution in [0.1, 0.15) is 12.0 Å². The number of halogens is 1. The van der Waals surface area contributed by atoms with Gasteiger partial charge in [0.1, 0.15) is 0 Å². The predicted octanol–water partition coefficient (Wildman–Crippen LogP) is 2.41. The Morgan fingerprint density at radius 3 is 2.94 bits per heavy atom. The van der Waals surface area contributed by atoms with Gasteiger partial charge in [-0.05, 0) is 60.5 Å². The summed E-state index contributed by atoms with van der Waals surface area (Å²) in [5, 5.41) is 0. The SMILES string of the molecule is CN1CCC(CN(C)Cc2cccc(N)c2Br)C1. The van der Waals surface area contributed by atoms with Gasteiger partial charge in [0.25, 0.3) is 0 Å². The molecule has 2 N–H and O–H groups in total. The molecule has 1 fully saturated rings. The summed E-state index contributed by atoms with van der Waals surface area (Å²) in [6.07, 6.45) is 1.32. The Morgan fingerprint density at radius 1 is 1.50 bits per heavy atom. The first kappa shape index (κ1) is 13.8. The van der Waals surface area contributed by atoms with Gasteiger partial charge in [0.2, 0.25) is 0 Å². The summed E-state index contributed by atoms with van der Waals surface area (Å²) >= 11 is 3.57. The molecule has 0 radical (unpaired) electrons. The fourth-order valence-electron chi connectivity index (χ4n) is 2.69. The monoisotopic (exact) mass is 311 g/mol. The highest BCUT2D eigenvalue weighted by atomic mass is 79.9. The molecule has 0 spiro atoms. The van der Waals surface area contributed by atoms with Gasteiger partial charge in [-0.25, -0.2) is 0 Å². The molecular formula is C14H22BrN3. The smallest absolute Gasteiger partial charge is 0.0461 e. The maximum Gasteiger partial charge on any atom is 0.0461 e. The number of benzene rings is 1. The van der Waals surface area contributed by atoms with Crippen LogP contribution in [0.25, 0.3) is 0 Å². The van der Waals surface area contributed by atoms with E-state index in [9.17, 15) is 0 Å². The van der Waals surface area contributed by atoms with E-state index in [2.05, 4.69) is 45.9 Å². The van der Waals surface area contributed by atoms with Gasteiger partial charge in [-0.1, -0.05) is 12.1 Å². The summed E-state index contributed by atoms with van der Waals surface area (Å²) in [6, 6.07) is 6.09. The Bertz CT molecular complexity index is 408. The van der Waals surface area contributed by atoms with Gasteiger partial charge in [-0.15, -0.1) is 0 Å². The lowest BCUT2D eigenvalue weighted by Crippen LogP contribution is -2.27. The van der Waals surface area contributed by atoms with Gasteiger partial charge in [0, 0.05) is 29.8 Å². The van der Waals surface area contributed by atoms with Crippen molar-refractivity contribution in [2.24, 2.45) is 5.92 Å². The normalized spacial score (nSPS) is 20.8. The molecular weight excluding hydrogens is 290 g/mol. The lowest BCUT2D eigenvalue weighted by molar-refractivity contribution is 0.267. The van der Waals surface area contributed by atoms with Gasteiger partial charge < -0.3 is 15.5 Å². The Hall–Kier alpha value is -0.580. The fourth-order valence-corrected chi connectivity index (χ4v) is 3.08. The van der Waals surface area contributed by atoms with Crippen LogP contribution in [-0.4, -0.2) is 43.5 Å². The summed E-state index contributed by atoms with van der Waals surface area (Å²) < 4.78 is 1.04. The first-order chi connectivity index (χ1) is 8.56. The molecule has 1 saturated heterocycles. The zero-order chi connectivity index (χ0) is 13.1. The summed E-state index contributed by atoms with van der Waals surface area (Å²) in [5.41, 5.74) is 7.99. The minimum Gasteiger partial charge on any atom is -0.398 e. The van der Waals surface area contributed by atoms with Gasteiger partial charge in [0.15, 0.2) is 0 Å². The van der Waals surface area contributed by atoms with E-state index in [1.54, 1.807) is 0 Å². The molecule has 0 aliphatic carbocycles. The predicted molar refractivity (Wildman–Crippen MR) is 80.5 cm³/mol. The molecule has 1 heterocycles. The van der Waals surface area contributed by atoms with Crippen LogP contribution in [0.15, 0.2) is 22.7 Å². The number of rotatable bonds is 4. The van der Waals surface area contributed by atoms with E-state index < -0.39 is 0 Å². The maximum absolute atomic E-state index is 5.91. The molecule has 1 unspecified atom stereocenters. The Morgan fingerprint density at radius 2 is 2.28 bits per heavy atom. The first-order valence-electron chi connectivity index (χ1n) is 6.46. The van der Waals surface area contributed by atoms with Crippen LogP contribution in [0, 0.1) is 5.92 Å². The quantitative estimate of drug-likeness (QED) is 0.867. The van der Waals surface area contributed by atoms with Crippen molar-refractivity contribution in [3.63, 3.8) is 0 Å². The average Bonchev–Trinajstić information content (AvgIpc) is 2.70. The second kappa shape index (κ2) is 6.04. The van der Waals surface area contributed by atoms with E-state index in [4.69, 9.17) is 5.73 Å². The molecule has 100 valence electrons. The Kier molecular flexibility index (Phi) is 4.65. The van der Waals surface area contributed by atoms with E-state index in [1.807, 2.05) is 12.1 Å². The van der Waals surface area contributed by atoms with Crippen molar-refractivity contribution >= 4 is 21.6 Å². The molecule has 1 aliphatic heterocycles. The molecule has 0 amide bonds. The second-order valence-electron chi connectivity index (χ2n) is 5.43. The molecule has 4 heteroatoms. The standard InChI is InChI=1S/C14H22BrN3/c1-17-7-6-11(8-17)9-18(2)10-12-4-3-5-13(16)14(12)15/h3-5,11H,6-10,16H2,1-2H3. The molecule has 1 aromatic rings. The molecule has 1 aromatic carbocycles. The molecule has 18 heavy (non-hydrogen) atoms. The third kappa shape index (κ3) is 3.46. The molecule has 3 nitrogen and oxygen atoms in total. The summed E-state index contributed by atoms with van der Waals surface area (Å²) in [7, 11) is 4.39. The lowest BCUT2D eigenvalue weighted by atomic mass is 10.1. The number of nitrogens with zero attached hydrogens (tertiary/aromatic N) is 2. The van der Waals surface area contributed by atoms with Crippen molar-refractivity contribution in [3.05, 3.63) is 28.2 Å². The van der Waals surface area contributed by atoms with Crippen molar-refractivity contribution < 1.29 is 0 Å². The summed E-state index contributed by atoms with van der Waals surface area (Å²) in [5.74, 6) is 0.805. The van der Waals surface area contributed by atoms with Crippen LogP contribution in [0.5, 0.6) is 0 Å². The van der Waals surface area contributed by atoms with Crippen LogP contribution >= 0.6 is 15.9 Å². The molecule has 0 saturated carbocycles. The minimum absolute atomic E-state index is 0.805. The van der Waals surface area contributed by atoms with Gasteiger partial charge in [0.05, 0.1) is 0 Å². The zero-order valence-corrected chi connectivity index (χ0v) is 12.8. The Balaban J connectivity index is 1.90. The van der Waals surface area contributed by atoms with Crippen LogP contribution in [0.3, 0.4) is 0 Å². The number of anilines is 1. The first-order valence-corrected chi connectivity index (χ1v) is 7.25. The third-order valence-electron chi connectivity index (χ3n) is 3.61. The van der Waals surface area contributed by atoms with Crippen molar-refractivity contribution in [3.8, 4) is 0 Å². The van der Waals surface area contributed by atoms with Crippen LogP contribution in [0.4, 0.5) is 5.69 Å². The molecule has 1 aliphatic rings. The Labute approximate surface area is 118 Å². The highest BCUT2D eigenvalue weighted by Gasteiger charge is 2.20. The largest absolute Gasteiger partial charge is 0.398 e.